The molecule has 0 aliphatic carbocycles. The van der Waals surface area contributed by atoms with Crippen LogP contribution in [0, 0.1) is 5.92 Å². The van der Waals surface area contributed by atoms with Gasteiger partial charge in [-0.1, -0.05) is 60.7 Å². The molecule has 6 rings (SSSR count). The third-order valence-electron chi connectivity index (χ3n) is 8.85. The lowest BCUT2D eigenvalue weighted by Crippen LogP contribution is -2.39. The van der Waals surface area contributed by atoms with Crippen molar-refractivity contribution in [2.24, 2.45) is 5.92 Å². The topological polar surface area (TPSA) is 49.4 Å². The van der Waals surface area contributed by atoms with Gasteiger partial charge in [-0.15, -0.1) is 0 Å². The lowest BCUT2D eigenvalue weighted by molar-refractivity contribution is -0.141. The summed E-state index contributed by atoms with van der Waals surface area (Å²) in [6.45, 7) is 3.03. The number of benzene rings is 4. The van der Waals surface area contributed by atoms with Gasteiger partial charge in [0.2, 0.25) is 0 Å². The number of anilines is 1. The fourth-order valence-electron chi connectivity index (χ4n) is 6.55. The highest BCUT2D eigenvalue weighted by Crippen LogP contribution is 2.46. The molecule has 2 aliphatic rings. The van der Waals surface area contributed by atoms with E-state index in [2.05, 4.69) is 71.6 Å². The molecule has 2 aliphatic heterocycles. The number of piperidine rings is 1. The van der Waals surface area contributed by atoms with Crippen LogP contribution in [0.1, 0.15) is 52.7 Å². The molecular formula is C37H41NO5. The monoisotopic (exact) mass is 579 g/mol. The van der Waals surface area contributed by atoms with Crippen molar-refractivity contribution >= 4 is 5.69 Å². The van der Waals surface area contributed by atoms with Crippen molar-refractivity contribution in [2.75, 3.05) is 39.3 Å². The van der Waals surface area contributed by atoms with Crippen molar-refractivity contribution in [1.29, 1.82) is 0 Å². The number of methoxy groups -OCH3 is 3. The van der Waals surface area contributed by atoms with E-state index in [1.54, 1.807) is 21.3 Å². The van der Waals surface area contributed by atoms with Gasteiger partial charge in [-0.25, -0.2) is 0 Å². The quantitative estimate of drug-likeness (QED) is 0.181. The molecule has 0 radical (unpaired) electrons. The molecule has 43 heavy (non-hydrogen) atoms. The van der Waals surface area contributed by atoms with Gasteiger partial charge in [-0.05, 0) is 77.1 Å². The van der Waals surface area contributed by atoms with Crippen LogP contribution in [0.5, 0.6) is 11.5 Å². The van der Waals surface area contributed by atoms with Crippen LogP contribution >= 0.6 is 0 Å². The maximum atomic E-state index is 6.63. The fraction of sp³-hybridized carbons (Fsp3) is 0.351. The van der Waals surface area contributed by atoms with Crippen molar-refractivity contribution in [1.82, 2.24) is 0 Å². The van der Waals surface area contributed by atoms with E-state index in [4.69, 9.17) is 23.7 Å². The zero-order valence-electron chi connectivity index (χ0n) is 25.3. The Hall–Kier alpha value is -3.84. The number of hydrogen-bond donors (Lipinski definition) is 0. The number of rotatable bonds is 10. The summed E-state index contributed by atoms with van der Waals surface area (Å²) in [5.41, 5.74) is 7.15. The molecule has 1 fully saturated rings. The Kier molecular flexibility index (Phi) is 9.27. The molecule has 2 heterocycles. The van der Waals surface area contributed by atoms with Crippen LogP contribution in [0.3, 0.4) is 0 Å². The van der Waals surface area contributed by atoms with Crippen molar-refractivity contribution in [3.05, 3.63) is 125 Å². The minimum absolute atomic E-state index is 0.0305. The predicted molar refractivity (Wildman–Crippen MR) is 169 cm³/mol. The van der Waals surface area contributed by atoms with Gasteiger partial charge in [-0.2, -0.15) is 0 Å². The van der Waals surface area contributed by atoms with Gasteiger partial charge in [0.05, 0.1) is 19.8 Å². The minimum Gasteiger partial charge on any atom is -0.497 e. The first-order valence-electron chi connectivity index (χ1n) is 15.1. The second-order valence-electron chi connectivity index (χ2n) is 11.4. The molecule has 0 spiro atoms. The summed E-state index contributed by atoms with van der Waals surface area (Å²) in [4.78, 5) is 2.46. The molecule has 2 atom stereocenters. The van der Waals surface area contributed by atoms with Gasteiger partial charge in [0.1, 0.15) is 18.1 Å². The molecule has 0 bridgehead atoms. The molecule has 0 amide bonds. The van der Waals surface area contributed by atoms with Crippen LogP contribution in [0.25, 0.3) is 0 Å². The molecule has 224 valence electrons. The Morgan fingerprint density at radius 1 is 0.767 bits per heavy atom. The molecule has 1 saturated heterocycles. The Labute approximate surface area is 255 Å². The molecule has 0 saturated carbocycles. The molecular weight excluding hydrogens is 538 g/mol. The number of hydrogen-bond acceptors (Lipinski definition) is 6. The largest absolute Gasteiger partial charge is 0.497 e. The van der Waals surface area contributed by atoms with Crippen molar-refractivity contribution in [2.45, 2.75) is 44.4 Å². The third kappa shape index (κ3) is 6.57. The molecule has 4 aromatic carbocycles. The Morgan fingerprint density at radius 3 is 2.26 bits per heavy atom. The summed E-state index contributed by atoms with van der Waals surface area (Å²) < 4.78 is 29.4. The highest BCUT2D eigenvalue weighted by Gasteiger charge is 2.34. The van der Waals surface area contributed by atoms with E-state index in [9.17, 15) is 0 Å². The predicted octanol–water partition coefficient (Wildman–Crippen LogP) is 7.51. The Morgan fingerprint density at radius 2 is 1.53 bits per heavy atom. The van der Waals surface area contributed by atoms with E-state index >= 15 is 0 Å². The SMILES string of the molecule is COc1cccc(C2OCc3cc(OCc4ccccc4)ccc3C2c2ccc(N3CCC(C(OC)OC)CC3)cc2)c1. The number of fused-ring (bicyclic) bond motifs is 1. The number of ether oxygens (including phenoxy) is 5. The summed E-state index contributed by atoms with van der Waals surface area (Å²) in [5.74, 6) is 2.14. The van der Waals surface area contributed by atoms with E-state index in [1.807, 2.05) is 30.3 Å². The summed E-state index contributed by atoms with van der Waals surface area (Å²) in [5, 5.41) is 0. The first-order valence-corrected chi connectivity index (χ1v) is 15.1. The van der Waals surface area contributed by atoms with Gasteiger partial charge in [0, 0.05) is 44.8 Å². The molecule has 6 heteroatoms. The van der Waals surface area contributed by atoms with Gasteiger partial charge in [0.25, 0.3) is 0 Å². The Balaban J connectivity index is 1.26. The van der Waals surface area contributed by atoms with E-state index in [1.165, 1.54) is 16.8 Å². The van der Waals surface area contributed by atoms with Gasteiger partial charge in [-0.3, -0.25) is 0 Å². The van der Waals surface area contributed by atoms with E-state index in [0.717, 1.165) is 54.1 Å². The lowest BCUT2D eigenvalue weighted by Gasteiger charge is -2.37. The summed E-state index contributed by atoms with van der Waals surface area (Å²) >= 11 is 0. The summed E-state index contributed by atoms with van der Waals surface area (Å²) in [7, 11) is 5.16. The summed E-state index contributed by atoms with van der Waals surface area (Å²) in [6, 6.07) is 34.0. The van der Waals surface area contributed by atoms with Gasteiger partial charge >= 0.3 is 0 Å². The average Bonchev–Trinajstić information content (AvgIpc) is 3.08. The lowest BCUT2D eigenvalue weighted by atomic mass is 9.79. The fourth-order valence-corrected chi connectivity index (χ4v) is 6.55. The Bertz CT molecular complexity index is 1460. The molecule has 2 unspecified atom stereocenters. The van der Waals surface area contributed by atoms with Gasteiger partial charge < -0.3 is 28.6 Å². The summed E-state index contributed by atoms with van der Waals surface area (Å²) in [6.07, 6.45) is 1.82. The molecule has 0 N–H and O–H groups in total. The van der Waals surface area contributed by atoms with Crippen LogP contribution in [0.2, 0.25) is 0 Å². The highest BCUT2D eigenvalue weighted by molar-refractivity contribution is 5.52. The first-order chi connectivity index (χ1) is 21.2. The highest BCUT2D eigenvalue weighted by atomic mass is 16.7. The first kappa shape index (κ1) is 29.2. The maximum absolute atomic E-state index is 6.63. The molecule has 6 nitrogen and oxygen atoms in total. The van der Waals surface area contributed by atoms with Crippen LogP contribution < -0.4 is 14.4 Å². The maximum Gasteiger partial charge on any atom is 0.159 e. The van der Waals surface area contributed by atoms with Gasteiger partial charge in [0.15, 0.2) is 6.29 Å². The van der Waals surface area contributed by atoms with Crippen LogP contribution in [0.4, 0.5) is 5.69 Å². The van der Waals surface area contributed by atoms with E-state index in [0.29, 0.717) is 19.1 Å². The standard InChI is InChI=1S/C37H41NO5/c1-39-32-11-7-10-29(22-32)36-35(27-12-14-31(15-13-27)38-20-18-28(19-21-38)37(40-2)41-3)34-17-16-33(23-30(34)25-43-36)42-24-26-8-5-4-6-9-26/h4-17,22-23,28,35-37H,18-21,24-25H2,1-3H3. The van der Waals surface area contributed by atoms with Crippen molar-refractivity contribution in [3.8, 4) is 11.5 Å². The van der Waals surface area contributed by atoms with E-state index < -0.39 is 0 Å². The number of nitrogens with zero attached hydrogens (tertiary/aromatic N) is 1. The molecule has 4 aromatic rings. The van der Waals surface area contributed by atoms with Crippen molar-refractivity contribution < 1.29 is 23.7 Å². The normalized spacial score (nSPS) is 18.8. The zero-order valence-corrected chi connectivity index (χ0v) is 25.3. The zero-order chi connectivity index (χ0) is 29.6. The molecule has 0 aromatic heterocycles. The second kappa shape index (κ2) is 13.6. The average molecular weight is 580 g/mol. The minimum atomic E-state index is -0.139. The van der Waals surface area contributed by atoms with Crippen LogP contribution in [-0.2, 0) is 27.4 Å². The smallest absolute Gasteiger partial charge is 0.159 e. The second-order valence-corrected chi connectivity index (χ2v) is 11.4. The van der Waals surface area contributed by atoms with E-state index in [-0.39, 0.29) is 18.3 Å². The van der Waals surface area contributed by atoms with Crippen molar-refractivity contribution in [3.63, 3.8) is 0 Å². The van der Waals surface area contributed by atoms with Crippen LogP contribution in [-0.4, -0.2) is 40.7 Å². The third-order valence-corrected chi connectivity index (χ3v) is 8.85. The van der Waals surface area contributed by atoms with Crippen LogP contribution in [0.15, 0.2) is 97.1 Å².